The lowest BCUT2D eigenvalue weighted by Gasteiger charge is -2.13. The molecule has 0 unspecified atom stereocenters. The maximum atomic E-state index is 13.0. The summed E-state index contributed by atoms with van der Waals surface area (Å²) in [4.78, 5) is 41.3. The highest BCUT2D eigenvalue weighted by Crippen LogP contribution is 2.31. The molecule has 156 valence electrons. The fraction of sp³-hybridized carbons (Fsp3) is 0.167. The van der Waals surface area contributed by atoms with Crippen LogP contribution >= 0.6 is 11.6 Å². The first-order chi connectivity index (χ1) is 14.2. The molecule has 0 aliphatic heterocycles. The summed E-state index contributed by atoms with van der Waals surface area (Å²) >= 11 is 5.99. The van der Waals surface area contributed by atoms with Gasteiger partial charge < -0.3 is 5.32 Å². The minimum absolute atomic E-state index is 0.0376. The monoisotopic (exact) mass is 439 g/mol. The molecule has 0 spiro atoms. The molecule has 1 amide bonds. The van der Waals surface area contributed by atoms with Crippen LogP contribution in [0.15, 0.2) is 52.3 Å². The lowest BCUT2D eigenvalue weighted by molar-refractivity contribution is -0.138. The van der Waals surface area contributed by atoms with Crippen LogP contribution in [0.4, 0.5) is 13.2 Å². The first kappa shape index (κ1) is 21.2. The van der Waals surface area contributed by atoms with E-state index in [4.69, 9.17) is 11.6 Å². The Kier molecular flexibility index (Phi) is 6.01. The third-order valence-corrected chi connectivity index (χ3v) is 4.32. The van der Waals surface area contributed by atoms with Crippen molar-refractivity contribution < 1.29 is 18.0 Å². The lowest BCUT2D eigenvalue weighted by atomic mass is 10.0. The molecule has 0 bridgehead atoms. The van der Waals surface area contributed by atoms with E-state index in [0.29, 0.717) is 0 Å². The Balaban J connectivity index is 1.77. The SMILES string of the molecule is O=C(NCCc1ccccc1C(F)(F)F)c1cc(-n2ncc(=O)[nH]c2=O)ncc1Cl. The Morgan fingerprint density at radius 3 is 2.63 bits per heavy atom. The highest BCUT2D eigenvalue weighted by atomic mass is 35.5. The average Bonchev–Trinajstić information content (AvgIpc) is 2.68. The number of alkyl halides is 3. The number of aromatic nitrogens is 4. The Labute approximate surface area is 171 Å². The van der Waals surface area contributed by atoms with Crippen molar-refractivity contribution in [1.29, 1.82) is 0 Å². The minimum Gasteiger partial charge on any atom is -0.352 e. The Bertz CT molecular complexity index is 1210. The highest BCUT2D eigenvalue weighted by molar-refractivity contribution is 6.33. The fourth-order valence-electron chi connectivity index (χ4n) is 2.65. The Morgan fingerprint density at radius 2 is 1.93 bits per heavy atom. The van der Waals surface area contributed by atoms with Gasteiger partial charge in [-0.15, -0.1) is 0 Å². The molecule has 3 aromatic rings. The van der Waals surface area contributed by atoms with Crippen LogP contribution in [-0.4, -0.2) is 32.2 Å². The maximum absolute atomic E-state index is 13.0. The van der Waals surface area contributed by atoms with Crippen molar-refractivity contribution in [2.75, 3.05) is 6.54 Å². The van der Waals surface area contributed by atoms with Gasteiger partial charge in [-0.3, -0.25) is 14.6 Å². The summed E-state index contributed by atoms with van der Waals surface area (Å²) in [7, 11) is 0. The molecule has 0 saturated carbocycles. The van der Waals surface area contributed by atoms with Crippen molar-refractivity contribution in [2.45, 2.75) is 12.6 Å². The molecule has 0 fully saturated rings. The first-order valence-corrected chi connectivity index (χ1v) is 8.82. The second kappa shape index (κ2) is 8.49. The zero-order valence-electron chi connectivity index (χ0n) is 15.0. The number of nitrogens with zero attached hydrogens (tertiary/aromatic N) is 3. The number of aromatic amines is 1. The molecule has 12 heteroatoms. The van der Waals surface area contributed by atoms with Gasteiger partial charge in [-0.2, -0.15) is 23.0 Å². The van der Waals surface area contributed by atoms with Gasteiger partial charge in [-0.1, -0.05) is 29.8 Å². The van der Waals surface area contributed by atoms with Gasteiger partial charge in [0.25, 0.3) is 11.5 Å². The van der Waals surface area contributed by atoms with E-state index in [2.05, 4.69) is 15.4 Å². The number of pyridine rings is 1. The molecule has 0 aliphatic carbocycles. The number of nitrogens with one attached hydrogen (secondary N) is 2. The standard InChI is InChI=1S/C18H13ClF3N5O3/c19-13-8-24-14(27-17(30)26-15(28)9-25-27)7-11(13)16(29)23-6-5-10-3-1-2-4-12(10)18(20,21)22/h1-4,7-9H,5-6H2,(H,23,29)(H,26,28,30). The summed E-state index contributed by atoms with van der Waals surface area (Å²) in [5.41, 5.74) is -2.37. The summed E-state index contributed by atoms with van der Waals surface area (Å²) < 4.78 is 39.9. The third-order valence-electron chi connectivity index (χ3n) is 4.02. The molecule has 3 rings (SSSR count). The largest absolute Gasteiger partial charge is 0.416 e. The number of rotatable bonds is 5. The number of hydrogen-bond acceptors (Lipinski definition) is 5. The van der Waals surface area contributed by atoms with Crippen molar-refractivity contribution in [3.63, 3.8) is 0 Å². The quantitative estimate of drug-likeness (QED) is 0.631. The van der Waals surface area contributed by atoms with Gasteiger partial charge in [0.15, 0.2) is 5.82 Å². The van der Waals surface area contributed by atoms with Crippen LogP contribution in [0.2, 0.25) is 5.02 Å². The van der Waals surface area contributed by atoms with Crippen molar-refractivity contribution in [1.82, 2.24) is 25.1 Å². The first-order valence-electron chi connectivity index (χ1n) is 8.44. The molecule has 1 aromatic carbocycles. The van der Waals surface area contributed by atoms with Crippen LogP contribution in [-0.2, 0) is 12.6 Å². The second-order valence-corrected chi connectivity index (χ2v) is 6.44. The van der Waals surface area contributed by atoms with E-state index in [1.807, 2.05) is 4.98 Å². The number of benzene rings is 1. The van der Waals surface area contributed by atoms with Crippen LogP contribution in [0.3, 0.4) is 0 Å². The Hall–Kier alpha value is -3.47. The molecule has 2 aromatic heterocycles. The van der Waals surface area contributed by atoms with Crippen LogP contribution < -0.4 is 16.6 Å². The molecule has 8 nitrogen and oxygen atoms in total. The van der Waals surface area contributed by atoms with Gasteiger partial charge in [0.2, 0.25) is 0 Å². The molecular weight excluding hydrogens is 427 g/mol. The average molecular weight is 440 g/mol. The molecule has 30 heavy (non-hydrogen) atoms. The summed E-state index contributed by atoms with van der Waals surface area (Å²) in [5, 5.41) is 6.08. The summed E-state index contributed by atoms with van der Waals surface area (Å²) in [6, 6.07) is 6.25. The summed E-state index contributed by atoms with van der Waals surface area (Å²) in [5.74, 6) is -0.751. The Morgan fingerprint density at radius 1 is 1.20 bits per heavy atom. The minimum atomic E-state index is -4.50. The number of hydrogen-bond donors (Lipinski definition) is 2. The number of carbonyl (C=O) groups is 1. The highest BCUT2D eigenvalue weighted by Gasteiger charge is 2.32. The van der Waals surface area contributed by atoms with Crippen molar-refractivity contribution in [3.05, 3.63) is 85.3 Å². The number of amides is 1. The number of carbonyl (C=O) groups excluding carboxylic acids is 1. The predicted octanol–water partition coefficient (Wildman–Crippen LogP) is 1.96. The smallest absolute Gasteiger partial charge is 0.352 e. The normalized spacial score (nSPS) is 11.3. The third kappa shape index (κ3) is 4.74. The summed E-state index contributed by atoms with van der Waals surface area (Å²) in [6.07, 6.45) is -2.59. The predicted molar refractivity (Wildman–Crippen MR) is 101 cm³/mol. The molecule has 0 atom stereocenters. The van der Waals surface area contributed by atoms with Crippen LogP contribution in [0, 0.1) is 0 Å². The topological polar surface area (TPSA) is 110 Å². The number of H-pyrrole nitrogens is 1. The zero-order valence-corrected chi connectivity index (χ0v) is 15.8. The van der Waals surface area contributed by atoms with Gasteiger partial charge in [0.1, 0.15) is 6.20 Å². The molecular formula is C18H13ClF3N5O3. The van der Waals surface area contributed by atoms with E-state index in [-0.39, 0.29) is 34.9 Å². The van der Waals surface area contributed by atoms with E-state index >= 15 is 0 Å². The van der Waals surface area contributed by atoms with E-state index in [9.17, 15) is 27.6 Å². The fourth-order valence-corrected chi connectivity index (χ4v) is 2.84. The van der Waals surface area contributed by atoms with E-state index < -0.39 is 28.9 Å². The van der Waals surface area contributed by atoms with E-state index in [0.717, 1.165) is 23.1 Å². The van der Waals surface area contributed by atoms with Crippen LogP contribution in [0.25, 0.3) is 5.82 Å². The maximum Gasteiger partial charge on any atom is 0.416 e. The second-order valence-electron chi connectivity index (χ2n) is 6.03. The van der Waals surface area contributed by atoms with Crippen molar-refractivity contribution in [3.8, 4) is 5.82 Å². The number of halogens is 4. The zero-order chi connectivity index (χ0) is 21.9. The van der Waals surface area contributed by atoms with Gasteiger partial charge >= 0.3 is 11.9 Å². The van der Waals surface area contributed by atoms with Crippen LogP contribution in [0.1, 0.15) is 21.5 Å². The van der Waals surface area contributed by atoms with Gasteiger partial charge in [-0.25, -0.2) is 9.78 Å². The van der Waals surface area contributed by atoms with E-state index in [1.165, 1.54) is 24.3 Å². The summed E-state index contributed by atoms with van der Waals surface area (Å²) in [6.45, 7) is -0.0865. The molecule has 0 saturated heterocycles. The molecule has 2 N–H and O–H groups in total. The molecule has 0 aliphatic rings. The van der Waals surface area contributed by atoms with Gasteiger partial charge in [0.05, 0.1) is 16.1 Å². The lowest BCUT2D eigenvalue weighted by Crippen LogP contribution is -2.31. The molecule has 0 radical (unpaired) electrons. The van der Waals surface area contributed by atoms with Crippen molar-refractivity contribution >= 4 is 17.5 Å². The van der Waals surface area contributed by atoms with Gasteiger partial charge in [-0.05, 0) is 24.1 Å². The van der Waals surface area contributed by atoms with Gasteiger partial charge in [0, 0.05) is 12.7 Å². The van der Waals surface area contributed by atoms with Crippen molar-refractivity contribution in [2.24, 2.45) is 0 Å². The molecule has 2 heterocycles. The van der Waals surface area contributed by atoms with Crippen LogP contribution in [0.5, 0.6) is 0 Å². The van der Waals surface area contributed by atoms with E-state index in [1.54, 1.807) is 0 Å².